The van der Waals surface area contributed by atoms with Gasteiger partial charge in [-0.25, -0.2) is 0 Å². The van der Waals surface area contributed by atoms with E-state index in [-0.39, 0.29) is 33.8 Å². The van der Waals surface area contributed by atoms with Gasteiger partial charge in [-0.1, -0.05) is 33.8 Å². The highest BCUT2D eigenvalue weighted by atomic mass is 16.5. The molecule has 4 rings (SSSR count). The van der Waals surface area contributed by atoms with E-state index >= 15 is 0 Å². The molecule has 29 heavy (non-hydrogen) atoms. The molecule has 0 saturated heterocycles. The van der Waals surface area contributed by atoms with Crippen LogP contribution in [0, 0.1) is 0 Å². The van der Waals surface area contributed by atoms with Crippen molar-refractivity contribution in [3.63, 3.8) is 0 Å². The summed E-state index contributed by atoms with van der Waals surface area (Å²) in [6.07, 6.45) is 1.45. The van der Waals surface area contributed by atoms with E-state index < -0.39 is 27.8 Å². The Hall–Kier alpha value is -3.15. The van der Waals surface area contributed by atoms with Crippen LogP contribution in [0.15, 0.2) is 34.0 Å². The summed E-state index contributed by atoms with van der Waals surface area (Å²) in [5.41, 5.74) is -0.575. The predicted molar refractivity (Wildman–Crippen MR) is 111 cm³/mol. The molecule has 0 amide bonds. The summed E-state index contributed by atoms with van der Waals surface area (Å²) >= 11 is 0. The number of allylic oxidation sites excluding steroid dienone is 1. The average Bonchev–Trinajstić information content (AvgIpc) is 2.87. The summed E-state index contributed by atoms with van der Waals surface area (Å²) in [7, 11) is 0. The van der Waals surface area contributed by atoms with Gasteiger partial charge in [0.05, 0.1) is 5.39 Å². The van der Waals surface area contributed by atoms with Gasteiger partial charge in [-0.3, -0.25) is 4.79 Å². The fraction of sp³-hybridized carbons (Fsp3) is 0.348. The lowest BCUT2D eigenvalue weighted by Gasteiger charge is -2.26. The second-order valence-corrected chi connectivity index (χ2v) is 8.78. The number of hydrogen-bond donors (Lipinski definition) is 3. The second-order valence-electron chi connectivity index (χ2n) is 8.78. The molecule has 6 heteroatoms. The molecule has 0 bridgehead atoms. The highest BCUT2D eigenvalue weighted by Crippen LogP contribution is 2.55. The molecule has 0 radical (unpaired) electrons. The minimum atomic E-state index is -0.680. The van der Waals surface area contributed by atoms with E-state index in [4.69, 9.17) is 9.15 Å². The standard InChI is InChI=1S/C23H24O6/c1-7-22(3,4)14-18(27)13-16(25)11-8-9-12(24)17(26)19(11)29-20(13)15-21(14)28-10(2)23(15,5)6/h7-10,24,26-27H,1H2,2-6H3/t10-/m1/s1. The highest BCUT2D eigenvalue weighted by Gasteiger charge is 2.46. The Balaban J connectivity index is 2.35. The van der Waals surface area contributed by atoms with Gasteiger partial charge < -0.3 is 24.5 Å². The zero-order chi connectivity index (χ0) is 21.5. The Morgan fingerprint density at radius 3 is 2.41 bits per heavy atom. The van der Waals surface area contributed by atoms with Crippen molar-refractivity contribution in [1.82, 2.24) is 0 Å². The SMILES string of the molecule is C=CC(C)(C)c1c2c(c3oc4c(O)c(O)ccc4c(=O)c3c1O)C(C)(C)[C@@H](C)O2. The molecule has 1 atom stereocenters. The molecule has 2 heterocycles. The van der Waals surface area contributed by atoms with Crippen molar-refractivity contribution in [2.45, 2.75) is 51.6 Å². The fourth-order valence-electron chi connectivity index (χ4n) is 4.02. The van der Waals surface area contributed by atoms with Crippen LogP contribution in [0.1, 0.15) is 45.7 Å². The third-order valence-electron chi connectivity index (χ3n) is 6.28. The van der Waals surface area contributed by atoms with Gasteiger partial charge in [0.15, 0.2) is 11.3 Å². The van der Waals surface area contributed by atoms with E-state index in [2.05, 4.69) is 6.58 Å². The van der Waals surface area contributed by atoms with Crippen LogP contribution in [-0.2, 0) is 10.8 Å². The van der Waals surface area contributed by atoms with Crippen LogP contribution in [-0.4, -0.2) is 21.4 Å². The Kier molecular flexibility index (Phi) is 3.76. The van der Waals surface area contributed by atoms with Crippen LogP contribution in [0.5, 0.6) is 23.0 Å². The van der Waals surface area contributed by atoms with Crippen LogP contribution >= 0.6 is 0 Å². The zero-order valence-electron chi connectivity index (χ0n) is 17.1. The van der Waals surface area contributed by atoms with Crippen molar-refractivity contribution in [3.8, 4) is 23.0 Å². The Bertz CT molecular complexity index is 1260. The molecular weight excluding hydrogens is 372 g/mol. The van der Waals surface area contributed by atoms with Crippen molar-refractivity contribution in [2.24, 2.45) is 0 Å². The number of aromatic hydroxyl groups is 3. The van der Waals surface area contributed by atoms with E-state index in [9.17, 15) is 20.1 Å². The van der Waals surface area contributed by atoms with Crippen molar-refractivity contribution < 1.29 is 24.5 Å². The van der Waals surface area contributed by atoms with Gasteiger partial charge in [-0.15, -0.1) is 6.58 Å². The Morgan fingerprint density at radius 2 is 1.79 bits per heavy atom. The van der Waals surface area contributed by atoms with Gasteiger partial charge in [0, 0.05) is 22.0 Å². The molecule has 152 valence electrons. The largest absolute Gasteiger partial charge is 0.507 e. The van der Waals surface area contributed by atoms with Crippen molar-refractivity contribution >= 4 is 21.9 Å². The van der Waals surface area contributed by atoms with Gasteiger partial charge in [0.2, 0.25) is 11.2 Å². The van der Waals surface area contributed by atoms with Crippen molar-refractivity contribution in [3.05, 3.63) is 46.1 Å². The third-order valence-corrected chi connectivity index (χ3v) is 6.28. The van der Waals surface area contributed by atoms with E-state index in [1.807, 2.05) is 34.6 Å². The van der Waals surface area contributed by atoms with E-state index in [0.717, 1.165) is 0 Å². The molecule has 0 fully saturated rings. The number of fused-ring (bicyclic) bond motifs is 4. The second kappa shape index (κ2) is 5.69. The summed E-state index contributed by atoms with van der Waals surface area (Å²) in [6, 6.07) is 2.58. The van der Waals surface area contributed by atoms with E-state index in [1.54, 1.807) is 6.08 Å². The van der Waals surface area contributed by atoms with Gasteiger partial charge in [0.25, 0.3) is 0 Å². The van der Waals surface area contributed by atoms with Gasteiger partial charge in [-0.05, 0) is 19.1 Å². The number of phenols is 3. The number of benzene rings is 2. The molecule has 0 unspecified atom stereocenters. The summed E-state index contributed by atoms with van der Waals surface area (Å²) in [5, 5.41) is 31.4. The van der Waals surface area contributed by atoms with Gasteiger partial charge >= 0.3 is 0 Å². The maximum Gasteiger partial charge on any atom is 0.204 e. The number of ether oxygens (including phenoxy) is 1. The quantitative estimate of drug-likeness (QED) is 0.333. The molecule has 3 N–H and O–H groups in total. The molecule has 0 spiro atoms. The van der Waals surface area contributed by atoms with Crippen LogP contribution < -0.4 is 10.2 Å². The Morgan fingerprint density at radius 1 is 1.14 bits per heavy atom. The molecule has 3 aromatic rings. The lowest BCUT2D eigenvalue weighted by Crippen LogP contribution is -2.29. The number of phenolic OH excluding ortho intramolecular Hbond substituents is 3. The summed E-state index contributed by atoms with van der Waals surface area (Å²) in [6.45, 7) is 13.5. The maximum atomic E-state index is 13.4. The molecule has 0 aliphatic carbocycles. The topological polar surface area (TPSA) is 100 Å². The van der Waals surface area contributed by atoms with E-state index in [1.165, 1.54) is 12.1 Å². The Labute approximate surface area is 167 Å². The number of rotatable bonds is 2. The van der Waals surface area contributed by atoms with Crippen molar-refractivity contribution in [1.29, 1.82) is 0 Å². The average molecular weight is 396 g/mol. The summed E-state index contributed by atoms with van der Waals surface area (Å²) in [5.74, 6) is -0.680. The molecule has 0 saturated carbocycles. The highest BCUT2D eigenvalue weighted by molar-refractivity contribution is 6.00. The first-order chi connectivity index (χ1) is 13.4. The minimum absolute atomic E-state index is 0.0250. The normalized spacial score (nSPS) is 18.0. The lowest BCUT2D eigenvalue weighted by atomic mass is 9.76. The maximum absolute atomic E-state index is 13.4. The molecule has 6 nitrogen and oxygen atoms in total. The molecular formula is C23H24O6. The molecule has 1 aliphatic rings. The first-order valence-corrected chi connectivity index (χ1v) is 9.45. The van der Waals surface area contributed by atoms with Crippen LogP contribution in [0.4, 0.5) is 0 Å². The predicted octanol–water partition coefficient (Wildman–Crippen LogP) is 4.59. The first kappa shape index (κ1) is 19.2. The summed E-state index contributed by atoms with van der Waals surface area (Å²) in [4.78, 5) is 13.4. The molecule has 2 aromatic carbocycles. The smallest absolute Gasteiger partial charge is 0.204 e. The monoisotopic (exact) mass is 396 g/mol. The zero-order valence-corrected chi connectivity index (χ0v) is 17.1. The van der Waals surface area contributed by atoms with Gasteiger partial charge in [-0.2, -0.15) is 0 Å². The minimum Gasteiger partial charge on any atom is -0.507 e. The van der Waals surface area contributed by atoms with Crippen molar-refractivity contribution in [2.75, 3.05) is 0 Å². The first-order valence-electron chi connectivity index (χ1n) is 9.45. The van der Waals surface area contributed by atoms with Gasteiger partial charge in [0.1, 0.15) is 28.6 Å². The number of hydrogen-bond acceptors (Lipinski definition) is 6. The van der Waals surface area contributed by atoms with Crippen LogP contribution in [0.2, 0.25) is 0 Å². The van der Waals surface area contributed by atoms with Crippen LogP contribution in [0.25, 0.3) is 21.9 Å². The van der Waals surface area contributed by atoms with Crippen LogP contribution in [0.3, 0.4) is 0 Å². The van der Waals surface area contributed by atoms with E-state index in [0.29, 0.717) is 16.9 Å². The molecule has 1 aliphatic heterocycles. The third kappa shape index (κ3) is 2.32. The fourth-order valence-corrected chi connectivity index (χ4v) is 4.02. The lowest BCUT2D eigenvalue weighted by molar-refractivity contribution is 0.183. The molecule has 1 aromatic heterocycles. The summed E-state index contributed by atoms with van der Waals surface area (Å²) < 4.78 is 12.1.